The third-order valence-electron chi connectivity index (χ3n) is 4.27. The van der Waals surface area contributed by atoms with Gasteiger partial charge in [-0.1, -0.05) is 53.8 Å². The molecular weight excluding hydrogens is 318 g/mol. The van der Waals surface area contributed by atoms with Crippen LogP contribution in [0.25, 0.3) is 11.0 Å². The lowest BCUT2D eigenvalue weighted by Gasteiger charge is -2.33. The van der Waals surface area contributed by atoms with Crippen molar-refractivity contribution in [3.05, 3.63) is 53.9 Å². The third kappa shape index (κ3) is 3.34. The lowest BCUT2D eigenvalue weighted by molar-refractivity contribution is 0.284. The summed E-state index contributed by atoms with van der Waals surface area (Å²) in [5.41, 5.74) is 2.29. The molecule has 0 bridgehead atoms. The van der Waals surface area contributed by atoms with E-state index < -0.39 is 0 Å². The summed E-state index contributed by atoms with van der Waals surface area (Å²) in [5, 5.41) is 5.73. The van der Waals surface area contributed by atoms with E-state index in [1.165, 1.54) is 5.56 Å². The Morgan fingerprint density at radius 1 is 1.12 bits per heavy atom. The number of hydrogen-bond donors (Lipinski definition) is 0. The van der Waals surface area contributed by atoms with Crippen molar-refractivity contribution in [3.8, 4) is 0 Å². The van der Waals surface area contributed by atoms with Crippen LogP contribution in [0.4, 0.5) is 5.13 Å². The SMILES string of the molecule is Cc1cn2nc(N3CCN(C/C=C/c4ccccc4)CC3)sc2n1. The number of anilines is 1. The Morgan fingerprint density at radius 3 is 2.67 bits per heavy atom. The van der Waals surface area contributed by atoms with E-state index in [0.29, 0.717) is 0 Å². The Hall–Kier alpha value is -2.18. The highest BCUT2D eigenvalue weighted by molar-refractivity contribution is 7.20. The summed E-state index contributed by atoms with van der Waals surface area (Å²) < 4.78 is 1.89. The number of aromatic nitrogens is 3. The summed E-state index contributed by atoms with van der Waals surface area (Å²) in [6.07, 6.45) is 6.44. The van der Waals surface area contributed by atoms with E-state index in [0.717, 1.165) is 48.5 Å². The van der Waals surface area contributed by atoms with Crippen LogP contribution in [0, 0.1) is 6.92 Å². The molecular formula is C18H21N5S. The van der Waals surface area contributed by atoms with Crippen LogP contribution in [-0.2, 0) is 0 Å². The molecule has 0 unspecified atom stereocenters. The van der Waals surface area contributed by atoms with E-state index in [-0.39, 0.29) is 0 Å². The lowest BCUT2D eigenvalue weighted by Crippen LogP contribution is -2.46. The molecule has 0 atom stereocenters. The second-order valence-electron chi connectivity index (χ2n) is 6.09. The summed E-state index contributed by atoms with van der Waals surface area (Å²) in [6, 6.07) is 10.5. The molecule has 1 aliphatic rings. The largest absolute Gasteiger partial charge is 0.344 e. The van der Waals surface area contributed by atoms with Gasteiger partial charge in [0, 0.05) is 32.7 Å². The van der Waals surface area contributed by atoms with Gasteiger partial charge in [-0.25, -0.2) is 9.50 Å². The Morgan fingerprint density at radius 2 is 1.92 bits per heavy atom. The van der Waals surface area contributed by atoms with E-state index in [1.54, 1.807) is 11.3 Å². The molecule has 1 aliphatic heterocycles. The van der Waals surface area contributed by atoms with Gasteiger partial charge in [-0.15, -0.1) is 5.10 Å². The normalized spacial score (nSPS) is 16.5. The molecule has 3 heterocycles. The number of fused-ring (bicyclic) bond motifs is 1. The molecule has 24 heavy (non-hydrogen) atoms. The van der Waals surface area contributed by atoms with Gasteiger partial charge in [-0.2, -0.15) is 0 Å². The van der Waals surface area contributed by atoms with Gasteiger partial charge in [0.15, 0.2) is 0 Å². The first kappa shape index (κ1) is 15.4. The predicted molar refractivity (Wildman–Crippen MR) is 99.7 cm³/mol. The maximum atomic E-state index is 4.65. The van der Waals surface area contributed by atoms with Crippen LogP contribution in [0.5, 0.6) is 0 Å². The van der Waals surface area contributed by atoms with Gasteiger partial charge in [0.25, 0.3) is 0 Å². The van der Waals surface area contributed by atoms with Gasteiger partial charge in [0.05, 0.1) is 11.9 Å². The molecule has 0 saturated carbocycles. The van der Waals surface area contributed by atoms with E-state index in [2.05, 4.69) is 56.3 Å². The fourth-order valence-corrected chi connectivity index (χ4v) is 3.93. The van der Waals surface area contributed by atoms with Crippen molar-refractivity contribution in [1.29, 1.82) is 0 Å². The zero-order valence-electron chi connectivity index (χ0n) is 13.8. The molecule has 0 spiro atoms. The number of benzene rings is 1. The van der Waals surface area contributed by atoms with Crippen molar-refractivity contribution >= 4 is 27.5 Å². The second-order valence-corrected chi connectivity index (χ2v) is 7.03. The van der Waals surface area contributed by atoms with E-state index >= 15 is 0 Å². The number of piperazine rings is 1. The molecule has 1 saturated heterocycles. The molecule has 0 N–H and O–H groups in total. The fraction of sp³-hybridized carbons (Fsp3) is 0.333. The molecule has 6 heteroatoms. The molecule has 5 nitrogen and oxygen atoms in total. The highest BCUT2D eigenvalue weighted by Crippen LogP contribution is 2.24. The molecule has 1 fully saturated rings. The number of aryl methyl sites for hydroxylation is 1. The van der Waals surface area contributed by atoms with Gasteiger partial charge in [0.1, 0.15) is 0 Å². The summed E-state index contributed by atoms with van der Waals surface area (Å²) in [7, 11) is 0. The molecule has 0 radical (unpaired) electrons. The van der Waals surface area contributed by atoms with Crippen molar-refractivity contribution < 1.29 is 0 Å². The maximum absolute atomic E-state index is 4.65. The summed E-state index contributed by atoms with van der Waals surface area (Å²) >= 11 is 1.68. The van der Waals surface area contributed by atoms with Gasteiger partial charge in [-0.3, -0.25) is 4.90 Å². The van der Waals surface area contributed by atoms with Crippen LogP contribution in [0.2, 0.25) is 0 Å². The highest BCUT2D eigenvalue weighted by atomic mass is 32.1. The minimum atomic E-state index is 0.982. The highest BCUT2D eigenvalue weighted by Gasteiger charge is 2.19. The van der Waals surface area contributed by atoms with Crippen LogP contribution < -0.4 is 4.90 Å². The minimum Gasteiger partial charge on any atom is -0.344 e. The number of imidazole rings is 1. The zero-order chi connectivity index (χ0) is 16.4. The van der Waals surface area contributed by atoms with Crippen LogP contribution in [0.1, 0.15) is 11.3 Å². The van der Waals surface area contributed by atoms with Crippen molar-refractivity contribution in [2.45, 2.75) is 6.92 Å². The average Bonchev–Trinajstić information content (AvgIpc) is 3.14. The smallest absolute Gasteiger partial charge is 0.214 e. The molecule has 3 aromatic rings. The Kier molecular flexibility index (Phi) is 4.32. The molecule has 0 aliphatic carbocycles. The summed E-state index contributed by atoms with van der Waals surface area (Å²) in [5.74, 6) is 0. The maximum Gasteiger partial charge on any atom is 0.214 e. The quantitative estimate of drug-likeness (QED) is 0.732. The van der Waals surface area contributed by atoms with Crippen molar-refractivity contribution in [2.75, 3.05) is 37.6 Å². The van der Waals surface area contributed by atoms with Crippen LogP contribution in [0.3, 0.4) is 0 Å². The first-order valence-electron chi connectivity index (χ1n) is 8.30. The molecule has 124 valence electrons. The topological polar surface area (TPSA) is 36.7 Å². The van der Waals surface area contributed by atoms with Crippen molar-refractivity contribution in [2.24, 2.45) is 0 Å². The molecule has 4 rings (SSSR count). The Labute approximate surface area is 145 Å². The minimum absolute atomic E-state index is 0.982. The average molecular weight is 339 g/mol. The molecule has 1 aromatic carbocycles. The molecule has 0 amide bonds. The fourth-order valence-electron chi connectivity index (χ4n) is 2.95. The summed E-state index contributed by atoms with van der Waals surface area (Å²) in [6.45, 7) is 7.19. The predicted octanol–water partition coefficient (Wildman–Crippen LogP) is 2.93. The van der Waals surface area contributed by atoms with Crippen LogP contribution in [0.15, 0.2) is 42.6 Å². The third-order valence-corrected chi connectivity index (χ3v) is 5.25. The van der Waals surface area contributed by atoms with Crippen molar-refractivity contribution in [1.82, 2.24) is 19.5 Å². The zero-order valence-corrected chi connectivity index (χ0v) is 14.6. The van der Waals surface area contributed by atoms with Gasteiger partial charge in [0.2, 0.25) is 10.1 Å². The second kappa shape index (κ2) is 6.75. The first-order valence-corrected chi connectivity index (χ1v) is 9.11. The van der Waals surface area contributed by atoms with Gasteiger partial charge >= 0.3 is 0 Å². The van der Waals surface area contributed by atoms with Crippen LogP contribution in [-0.4, -0.2) is 52.2 Å². The molecule has 2 aromatic heterocycles. The first-order chi connectivity index (χ1) is 11.8. The Balaban J connectivity index is 1.31. The number of hydrogen-bond acceptors (Lipinski definition) is 5. The van der Waals surface area contributed by atoms with Gasteiger partial charge in [-0.05, 0) is 12.5 Å². The number of rotatable bonds is 4. The Bertz CT molecular complexity index is 796. The van der Waals surface area contributed by atoms with E-state index in [9.17, 15) is 0 Å². The van der Waals surface area contributed by atoms with Gasteiger partial charge < -0.3 is 4.90 Å². The standard InChI is InChI=1S/C18H21N5S/c1-15-14-23-17(19-15)24-18(20-23)22-12-10-21(11-13-22)9-5-8-16-6-3-2-4-7-16/h2-8,14H,9-13H2,1H3/b8-5+. The monoisotopic (exact) mass is 339 g/mol. The lowest BCUT2D eigenvalue weighted by atomic mass is 10.2. The number of nitrogens with zero attached hydrogens (tertiary/aromatic N) is 5. The van der Waals surface area contributed by atoms with Crippen LogP contribution >= 0.6 is 11.3 Å². The van der Waals surface area contributed by atoms with E-state index in [1.807, 2.05) is 23.7 Å². The van der Waals surface area contributed by atoms with Crippen molar-refractivity contribution in [3.63, 3.8) is 0 Å². The summed E-state index contributed by atoms with van der Waals surface area (Å²) in [4.78, 5) is 10.3. The van der Waals surface area contributed by atoms with E-state index in [4.69, 9.17) is 0 Å².